The standard InChI is InChI=1S/C62H62O8.C36H60O7.24H2/c1-7-9-11-13-15-17-19-21-22-23-24-25-26-27-28-29-30-31-33-35-37-39-44-48-57(63)66-56(59-54(69-62(5,6)70-59)47-43-38-36-34-32-20-18-16-14-12-10-8-2)50-64-60-52(4)51(3)58-55(67-60)49-65-61(68-58)53-45-41-40-42-46-53;1-6-7-8-9-10-11-12-13-14-15-16-20-23-30-33(43-36(4,5)42-30)29(37)24-38-34-27(3)26(2)32-31(40-34)25-39-35(41-32)28-21-18-17-19-22-28;;;;;;;;;;;;;;;;;;;;;;;;/h40-42,45-46,51-52,54-56,58-61H,8,10,12,14,16,18,20,32,34,36,38,43,47,49-50H2,1-6H3;17-19,21-22,26-27,29-35,37H,6-16,20,23-25H2,1-5H3;24*1H/t51?,52?,54-,55?,56+,58?,59-,60?,61?;26?,27?,29-,30+,31?,32?,33-,34?,35?;;;;;;;;;;;;;;;;;;;;;;;;/m10......................../s1. The van der Waals surface area contributed by atoms with Crippen molar-refractivity contribution in [1.29, 1.82) is 0 Å². The Balaban J connectivity index is -0.000000117. The molecule has 0 bridgehead atoms. The van der Waals surface area contributed by atoms with Gasteiger partial charge in [-0.2, -0.15) is 0 Å². The number of hydrogen-bond acceptors (Lipinski definition) is 15. The molecule has 12 unspecified atom stereocenters. The molecule has 18 atom stereocenters. The summed E-state index contributed by atoms with van der Waals surface area (Å²) in [4.78, 5) is 13.3. The normalized spacial score (nSPS) is 26.1. The third kappa shape index (κ3) is 34.6. The predicted octanol–water partition coefficient (Wildman–Crippen LogP) is 22.7. The second-order valence-corrected chi connectivity index (χ2v) is 30.8. The Hall–Kier alpha value is -7.89. The highest BCUT2D eigenvalue weighted by Crippen LogP contribution is 2.43. The monoisotopic (exact) mass is 1590 g/mol. The molecule has 0 radical (unpaired) electrons. The van der Waals surface area contributed by atoms with Gasteiger partial charge in [0.1, 0.15) is 30.5 Å². The summed E-state index contributed by atoms with van der Waals surface area (Å²) in [5.41, 5.74) is 1.98. The fraction of sp³-hybridized carbons (Fsp3) is 0.622. The molecule has 8 rings (SSSR count). The SMILES string of the molecule is CC#CC#CC#CC#CC#CC#CC#CC#CC#CC#CC#CC#CC(=O)O[C@@H](COC1OC2COC(c3ccccc3)OC2C(C)C1C)[C@@H]1OC(C)(C)O[C@@H]1CCCCCCCCCCCCCC.CCCCCCCCCCCCCC[C@H]1OC(C)(C)O[C@H]1[C@@H](O)COC1OC2COC(c3ccccc3)OC2C(C)C1C.[HH].[HH].[HH].[HH].[HH].[HH].[HH].[HH].[HH].[HH].[HH].[HH].[HH].[HH].[HH].[HH].[HH].[HH].[HH].[HH].[HH].[HH].[HH].[HH]. The van der Waals surface area contributed by atoms with Crippen LogP contribution in [0.25, 0.3) is 0 Å². The maximum atomic E-state index is 13.3. The smallest absolute Gasteiger partial charge is 0.385 e. The predicted molar refractivity (Wildman–Crippen MR) is 491 cm³/mol. The maximum Gasteiger partial charge on any atom is 0.385 e. The summed E-state index contributed by atoms with van der Waals surface area (Å²) in [6, 6.07) is 19.9. The molecule has 6 saturated heterocycles. The first-order chi connectivity index (χ1) is 55.0. The molecule has 0 spiro atoms. The molecule has 652 valence electrons. The molecule has 2 aromatic carbocycles. The summed E-state index contributed by atoms with van der Waals surface area (Å²) in [5, 5.41) is 11.2. The average Bonchev–Trinajstić information content (AvgIpc) is 1.64. The molecular formula is C98H170O15. The van der Waals surface area contributed by atoms with Crippen molar-refractivity contribution in [3.05, 3.63) is 71.8 Å². The van der Waals surface area contributed by atoms with E-state index >= 15 is 0 Å². The number of aliphatic hydroxyl groups is 1. The molecule has 6 aliphatic rings. The zero-order valence-electron chi connectivity index (χ0n) is 69.0. The van der Waals surface area contributed by atoms with E-state index in [0.29, 0.717) is 13.2 Å². The van der Waals surface area contributed by atoms with Crippen LogP contribution in [0.5, 0.6) is 0 Å². The fourth-order valence-electron chi connectivity index (χ4n) is 14.7. The van der Waals surface area contributed by atoms with Crippen LogP contribution < -0.4 is 0 Å². The molecule has 0 aromatic heterocycles. The summed E-state index contributed by atoms with van der Waals surface area (Å²) in [6.45, 7) is 23.3. The van der Waals surface area contributed by atoms with Crippen molar-refractivity contribution in [3.63, 3.8) is 0 Å². The minimum Gasteiger partial charge on any atom is -0.447 e. The maximum absolute atomic E-state index is 13.3. The Labute approximate surface area is 714 Å². The molecule has 6 fully saturated rings. The highest BCUT2D eigenvalue weighted by atomic mass is 16.8. The molecule has 2 aromatic rings. The number of esters is 1. The van der Waals surface area contributed by atoms with Crippen molar-refractivity contribution >= 4 is 5.97 Å². The van der Waals surface area contributed by atoms with Gasteiger partial charge in [-0.15, -0.1) is 0 Å². The van der Waals surface area contributed by atoms with Crippen LogP contribution in [-0.2, 0) is 66.4 Å². The average molecular weight is 1590 g/mol. The third-order valence-electron chi connectivity index (χ3n) is 21.0. The van der Waals surface area contributed by atoms with Gasteiger partial charge in [0.2, 0.25) is 0 Å². The molecule has 113 heavy (non-hydrogen) atoms. The van der Waals surface area contributed by atoms with Gasteiger partial charge in [0.25, 0.3) is 0 Å². The van der Waals surface area contributed by atoms with Crippen LogP contribution >= 0.6 is 0 Å². The van der Waals surface area contributed by atoms with Crippen molar-refractivity contribution in [2.75, 3.05) is 26.4 Å². The van der Waals surface area contributed by atoms with Gasteiger partial charge >= 0.3 is 5.97 Å². The number of benzene rings is 2. The summed E-state index contributed by atoms with van der Waals surface area (Å²) in [6.07, 6.45) is 26.6. The highest BCUT2D eigenvalue weighted by molar-refractivity contribution is 5.89. The minimum atomic E-state index is -0.893. The van der Waals surface area contributed by atoms with Crippen LogP contribution in [0.3, 0.4) is 0 Å². The number of fused-ring (bicyclic) bond motifs is 2. The van der Waals surface area contributed by atoms with Crippen LogP contribution in [0.15, 0.2) is 60.7 Å². The number of hydrogen-bond donors (Lipinski definition) is 1. The molecule has 0 amide bonds. The number of aliphatic hydroxyl groups excluding tert-OH is 1. The van der Waals surface area contributed by atoms with Gasteiger partial charge in [-0.25, -0.2) is 4.79 Å². The van der Waals surface area contributed by atoms with E-state index in [9.17, 15) is 9.90 Å². The van der Waals surface area contributed by atoms with Crippen molar-refractivity contribution in [2.24, 2.45) is 23.7 Å². The molecule has 6 aliphatic heterocycles. The number of ether oxygens (including phenoxy) is 13. The minimum absolute atomic E-state index is 0. The number of carbonyl (C=O) groups is 1. The summed E-state index contributed by atoms with van der Waals surface area (Å²) >= 11 is 0. The quantitative estimate of drug-likeness (QED) is 0.0295. The first-order valence-electron chi connectivity index (χ1n) is 41.7. The molecule has 15 heteroatoms. The van der Waals surface area contributed by atoms with Crippen LogP contribution in [0.1, 0.15) is 301 Å². The molecule has 0 saturated carbocycles. The second-order valence-electron chi connectivity index (χ2n) is 30.8. The molecule has 6 heterocycles. The van der Waals surface area contributed by atoms with Crippen molar-refractivity contribution in [2.45, 2.75) is 341 Å². The Morgan fingerprint density at radius 1 is 0.425 bits per heavy atom. The van der Waals surface area contributed by atoms with Gasteiger partial charge in [0.05, 0.1) is 50.8 Å². The van der Waals surface area contributed by atoms with Crippen LogP contribution in [0, 0.1) is 166 Å². The number of unbranched alkanes of at least 4 members (excludes halogenated alkanes) is 22. The largest absolute Gasteiger partial charge is 0.447 e. The summed E-state index contributed by atoms with van der Waals surface area (Å²) in [5.74, 6) is 59.0. The van der Waals surface area contributed by atoms with E-state index in [1.807, 2.05) is 88.4 Å². The first-order valence-corrected chi connectivity index (χ1v) is 41.7. The Kier molecular flexibility index (Phi) is 43.5. The van der Waals surface area contributed by atoms with Crippen molar-refractivity contribution in [3.8, 4) is 142 Å². The number of rotatable bonds is 37. The zero-order chi connectivity index (χ0) is 80.6. The third-order valence-corrected chi connectivity index (χ3v) is 21.0. The lowest BCUT2D eigenvalue weighted by Crippen LogP contribution is -2.56. The zero-order valence-corrected chi connectivity index (χ0v) is 69.0. The highest BCUT2D eigenvalue weighted by Gasteiger charge is 2.51. The van der Waals surface area contributed by atoms with Crippen molar-refractivity contribution < 1.29 is 106 Å². The van der Waals surface area contributed by atoms with Gasteiger partial charge in [-0.3, -0.25) is 0 Å². The molecule has 15 nitrogen and oxygen atoms in total. The van der Waals surface area contributed by atoms with Crippen molar-refractivity contribution in [1.82, 2.24) is 0 Å². The van der Waals surface area contributed by atoms with Gasteiger partial charge in [-0.05, 0) is 154 Å². The van der Waals surface area contributed by atoms with Gasteiger partial charge < -0.3 is 66.7 Å². The van der Waals surface area contributed by atoms with Crippen LogP contribution in [-0.4, -0.2) is 123 Å². The van der Waals surface area contributed by atoms with Crippen LogP contribution in [0.2, 0.25) is 0 Å². The van der Waals surface area contributed by atoms with Gasteiger partial charge in [0.15, 0.2) is 42.8 Å². The first kappa shape index (κ1) is 92.3. The van der Waals surface area contributed by atoms with E-state index in [-0.39, 0.29) is 114 Å². The van der Waals surface area contributed by atoms with Crippen LogP contribution in [0.4, 0.5) is 0 Å². The van der Waals surface area contributed by atoms with E-state index in [4.69, 9.17) is 61.6 Å². The lowest BCUT2D eigenvalue weighted by Gasteiger charge is -2.48. The second kappa shape index (κ2) is 53.3. The Morgan fingerprint density at radius 2 is 0.752 bits per heavy atom. The van der Waals surface area contributed by atoms with E-state index in [0.717, 1.165) is 43.2 Å². The number of carbonyl (C=O) groups excluding carboxylic acids is 1. The van der Waals surface area contributed by atoms with E-state index in [1.54, 1.807) is 6.92 Å². The summed E-state index contributed by atoms with van der Waals surface area (Å²) < 4.78 is 81.8. The lowest BCUT2D eigenvalue weighted by molar-refractivity contribution is -0.344. The van der Waals surface area contributed by atoms with Gasteiger partial charge in [0, 0.05) is 98.6 Å². The van der Waals surface area contributed by atoms with E-state index in [2.05, 4.69) is 184 Å². The Morgan fingerprint density at radius 3 is 1.12 bits per heavy atom. The van der Waals surface area contributed by atoms with E-state index < -0.39 is 60.8 Å². The molecule has 0 aliphatic carbocycles. The Bertz CT molecular complexity index is 4090. The van der Waals surface area contributed by atoms with Gasteiger partial charge in [-0.1, -0.05) is 262 Å². The van der Waals surface area contributed by atoms with E-state index in [1.165, 1.54) is 135 Å². The topological polar surface area (TPSA) is 157 Å². The lowest BCUT2D eigenvalue weighted by atomic mass is 9.84. The summed E-state index contributed by atoms with van der Waals surface area (Å²) in [7, 11) is 0. The molecular weight excluding hydrogens is 1420 g/mol. The molecule has 1 N–H and O–H groups in total. The fourth-order valence-corrected chi connectivity index (χ4v) is 14.7.